The molecule has 196 valence electrons. The number of pyridine rings is 1. The zero-order valence-electron chi connectivity index (χ0n) is 21.0. The van der Waals surface area contributed by atoms with Gasteiger partial charge in [-0.3, -0.25) is 9.69 Å². The van der Waals surface area contributed by atoms with Crippen LogP contribution in [-0.4, -0.2) is 53.0 Å². The molecule has 1 atom stereocenters. The van der Waals surface area contributed by atoms with E-state index < -0.39 is 6.09 Å². The van der Waals surface area contributed by atoms with E-state index in [-0.39, 0.29) is 11.6 Å². The van der Waals surface area contributed by atoms with E-state index in [1.807, 2.05) is 31.2 Å². The van der Waals surface area contributed by atoms with Crippen molar-refractivity contribution < 1.29 is 9.90 Å². The van der Waals surface area contributed by atoms with Gasteiger partial charge in [0.2, 0.25) is 0 Å². The number of anilines is 1. The highest BCUT2D eigenvalue weighted by atomic mass is 35.5. The molecule has 0 saturated carbocycles. The molecule has 11 nitrogen and oxygen atoms in total. The molecule has 0 spiro atoms. The summed E-state index contributed by atoms with van der Waals surface area (Å²) in [5.41, 5.74) is 6.18. The van der Waals surface area contributed by atoms with Crippen molar-refractivity contribution in [3.63, 3.8) is 0 Å². The molecule has 1 amide bonds. The molecule has 0 saturated heterocycles. The van der Waals surface area contributed by atoms with Crippen LogP contribution in [0.5, 0.6) is 0 Å². The van der Waals surface area contributed by atoms with Crippen LogP contribution in [0, 0.1) is 6.92 Å². The van der Waals surface area contributed by atoms with Crippen molar-refractivity contribution in [3.05, 3.63) is 93.5 Å². The van der Waals surface area contributed by atoms with E-state index in [2.05, 4.69) is 25.5 Å². The van der Waals surface area contributed by atoms with Gasteiger partial charge in [0.05, 0.1) is 23.6 Å². The van der Waals surface area contributed by atoms with Crippen LogP contribution in [0.15, 0.2) is 65.8 Å². The second-order valence-electron chi connectivity index (χ2n) is 9.44. The molecule has 0 unspecified atom stereocenters. The zero-order valence-corrected chi connectivity index (χ0v) is 21.8. The summed E-state index contributed by atoms with van der Waals surface area (Å²) in [6.45, 7) is 1.92. The van der Waals surface area contributed by atoms with Gasteiger partial charge < -0.3 is 14.7 Å². The van der Waals surface area contributed by atoms with Gasteiger partial charge in [-0.25, -0.2) is 9.78 Å². The number of H-pyrrole nitrogens is 1. The molecule has 39 heavy (non-hydrogen) atoms. The Kier molecular flexibility index (Phi) is 5.99. The number of aromatic amines is 1. The number of carboxylic acid groups (broad SMARTS) is 1. The summed E-state index contributed by atoms with van der Waals surface area (Å²) >= 11 is 6.31. The minimum Gasteiger partial charge on any atom is -0.465 e. The van der Waals surface area contributed by atoms with Crippen molar-refractivity contribution in [1.82, 2.24) is 34.7 Å². The Bertz CT molecular complexity index is 1780. The first kappa shape index (κ1) is 24.6. The summed E-state index contributed by atoms with van der Waals surface area (Å²) in [7, 11) is 1.50. The highest BCUT2D eigenvalue weighted by Crippen LogP contribution is 2.35. The van der Waals surface area contributed by atoms with E-state index in [1.165, 1.54) is 23.0 Å². The lowest BCUT2D eigenvalue weighted by Crippen LogP contribution is -2.24. The van der Waals surface area contributed by atoms with E-state index in [9.17, 15) is 14.7 Å². The van der Waals surface area contributed by atoms with Gasteiger partial charge in [-0.1, -0.05) is 17.7 Å². The average molecular weight is 543 g/mol. The van der Waals surface area contributed by atoms with Crippen LogP contribution in [0.3, 0.4) is 0 Å². The van der Waals surface area contributed by atoms with Crippen molar-refractivity contribution in [2.75, 3.05) is 11.9 Å². The number of fused-ring (bicyclic) bond motifs is 1. The van der Waals surface area contributed by atoms with Crippen LogP contribution >= 0.6 is 11.6 Å². The standard InChI is InChI=1S/C27H23ClN8O3/c1-15-9-18(34(2)27(38)39)4-6-20(15)22-13-29-26(31-22)24-8-5-19-10-16(11-25(37)36(19)24)21-12-17(28)3-7-23(21)35-14-30-32-33-35/h3-4,6-7,9-14,24H,5,8H2,1-2H3,(H,29,31)(H,38,39)/t24-/m0/s1. The maximum absolute atomic E-state index is 13.4. The third kappa shape index (κ3) is 4.36. The van der Waals surface area contributed by atoms with Gasteiger partial charge in [-0.15, -0.1) is 5.10 Å². The van der Waals surface area contributed by atoms with E-state index in [0.29, 0.717) is 23.0 Å². The predicted octanol–water partition coefficient (Wildman–Crippen LogP) is 4.49. The molecule has 0 radical (unpaired) electrons. The Morgan fingerprint density at radius 1 is 1.15 bits per heavy atom. The zero-order chi connectivity index (χ0) is 27.3. The number of halogens is 1. The van der Waals surface area contributed by atoms with E-state index in [4.69, 9.17) is 11.6 Å². The molecular weight excluding hydrogens is 520 g/mol. The van der Waals surface area contributed by atoms with Gasteiger partial charge in [0, 0.05) is 40.6 Å². The van der Waals surface area contributed by atoms with Crippen LogP contribution < -0.4 is 10.5 Å². The second kappa shape index (κ2) is 9.52. The lowest BCUT2D eigenvalue weighted by atomic mass is 10.0. The van der Waals surface area contributed by atoms with Gasteiger partial charge in [0.1, 0.15) is 12.2 Å². The third-order valence-electron chi connectivity index (χ3n) is 7.08. The highest BCUT2D eigenvalue weighted by Gasteiger charge is 2.28. The van der Waals surface area contributed by atoms with Crippen molar-refractivity contribution in [2.24, 2.45) is 0 Å². The van der Waals surface area contributed by atoms with Gasteiger partial charge in [0.15, 0.2) is 0 Å². The minimum atomic E-state index is -1.03. The largest absolute Gasteiger partial charge is 0.465 e. The summed E-state index contributed by atoms with van der Waals surface area (Å²) in [6.07, 6.45) is 3.65. The fraction of sp³-hybridized carbons (Fsp3) is 0.185. The van der Waals surface area contributed by atoms with Crippen LogP contribution in [-0.2, 0) is 6.42 Å². The molecule has 2 N–H and O–H groups in total. The van der Waals surface area contributed by atoms with Gasteiger partial charge in [-0.2, -0.15) is 4.68 Å². The topological polar surface area (TPSA) is 135 Å². The van der Waals surface area contributed by atoms with Crippen molar-refractivity contribution in [2.45, 2.75) is 25.8 Å². The first-order valence-corrected chi connectivity index (χ1v) is 12.6. The molecule has 1 aliphatic heterocycles. The molecule has 4 heterocycles. The van der Waals surface area contributed by atoms with Crippen LogP contribution in [0.1, 0.15) is 29.5 Å². The molecule has 5 aromatic rings. The number of rotatable bonds is 5. The molecule has 12 heteroatoms. The molecule has 1 aliphatic rings. The summed E-state index contributed by atoms with van der Waals surface area (Å²) in [5, 5.41) is 21.2. The van der Waals surface area contributed by atoms with E-state index in [0.717, 1.165) is 45.7 Å². The Labute approximate surface area is 227 Å². The Morgan fingerprint density at radius 2 is 2.00 bits per heavy atom. The fourth-order valence-electron chi connectivity index (χ4n) is 5.13. The number of carbonyl (C=O) groups is 1. The SMILES string of the molecule is Cc1cc(N(C)C(=O)O)ccc1-c1cnc([C@@H]2CCc3cc(-c4cc(Cl)ccc4-n4cnnn4)cc(=O)n32)[nH]1. The third-order valence-corrected chi connectivity index (χ3v) is 7.32. The predicted molar refractivity (Wildman–Crippen MR) is 146 cm³/mol. The Hall–Kier alpha value is -4.77. The summed E-state index contributed by atoms with van der Waals surface area (Å²) < 4.78 is 3.32. The number of nitrogens with zero attached hydrogens (tertiary/aromatic N) is 7. The van der Waals surface area contributed by atoms with Crippen LogP contribution in [0.25, 0.3) is 28.1 Å². The van der Waals surface area contributed by atoms with Gasteiger partial charge in [0.25, 0.3) is 5.56 Å². The smallest absolute Gasteiger partial charge is 0.411 e. The van der Waals surface area contributed by atoms with Crippen molar-refractivity contribution in [3.8, 4) is 28.1 Å². The lowest BCUT2D eigenvalue weighted by molar-refractivity contribution is 0.203. The summed E-state index contributed by atoms with van der Waals surface area (Å²) in [5.74, 6) is 0.696. The lowest BCUT2D eigenvalue weighted by Gasteiger charge is -2.15. The molecule has 0 aliphatic carbocycles. The van der Waals surface area contributed by atoms with E-state index >= 15 is 0 Å². The quantitative estimate of drug-likeness (QED) is 0.334. The molecule has 0 fully saturated rings. The number of benzene rings is 2. The highest BCUT2D eigenvalue weighted by molar-refractivity contribution is 6.31. The molecule has 3 aromatic heterocycles. The number of tetrazole rings is 1. The first-order chi connectivity index (χ1) is 18.8. The number of hydrogen-bond acceptors (Lipinski definition) is 6. The normalized spacial score (nSPS) is 14.4. The maximum atomic E-state index is 13.4. The summed E-state index contributed by atoms with van der Waals surface area (Å²) in [4.78, 5) is 33.9. The van der Waals surface area contributed by atoms with Crippen LogP contribution in [0.2, 0.25) is 5.02 Å². The summed E-state index contributed by atoms with van der Waals surface area (Å²) in [6, 6.07) is 14.2. The first-order valence-electron chi connectivity index (χ1n) is 12.2. The van der Waals surface area contributed by atoms with Crippen LogP contribution in [0.4, 0.5) is 10.5 Å². The number of imidazole rings is 1. The van der Waals surface area contributed by atoms with Crippen molar-refractivity contribution >= 4 is 23.4 Å². The number of nitrogens with one attached hydrogen (secondary N) is 1. The monoisotopic (exact) mass is 542 g/mol. The van der Waals surface area contributed by atoms with Gasteiger partial charge in [-0.05, 0) is 77.7 Å². The van der Waals surface area contributed by atoms with Crippen molar-refractivity contribution in [1.29, 1.82) is 0 Å². The number of hydrogen-bond donors (Lipinski definition) is 2. The second-order valence-corrected chi connectivity index (χ2v) is 9.87. The Morgan fingerprint density at radius 3 is 2.74 bits per heavy atom. The van der Waals surface area contributed by atoms with Gasteiger partial charge >= 0.3 is 6.09 Å². The minimum absolute atomic E-state index is 0.136. The molecule has 2 aromatic carbocycles. The molecule has 6 rings (SSSR count). The number of amides is 1. The number of aryl methyl sites for hydroxylation is 2. The molecule has 0 bridgehead atoms. The average Bonchev–Trinajstić information content (AvgIpc) is 3.69. The number of aromatic nitrogens is 7. The molecular formula is C27H23ClN8O3. The van der Waals surface area contributed by atoms with E-state index in [1.54, 1.807) is 35.0 Å². The Balaban J connectivity index is 1.34. The maximum Gasteiger partial charge on any atom is 0.411 e. The fourth-order valence-corrected chi connectivity index (χ4v) is 5.30.